The molecule has 3 heterocycles. The van der Waals surface area contributed by atoms with Gasteiger partial charge in [0.15, 0.2) is 5.69 Å². The minimum absolute atomic E-state index is 0.132. The first-order valence-electron chi connectivity index (χ1n) is 8.52. The van der Waals surface area contributed by atoms with Crippen LogP contribution in [0.5, 0.6) is 0 Å². The van der Waals surface area contributed by atoms with E-state index in [-0.39, 0.29) is 11.8 Å². The molecule has 1 aromatic carbocycles. The van der Waals surface area contributed by atoms with Gasteiger partial charge in [-0.25, -0.2) is 0 Å². The van der Waals surface area contributed by atoms with E-state index >= 15 is 0 Å². The zero-order chi connectivity index (χ0) is 17.9. The number of piperidine rings is 1. The molecule has 1 saturated heterocycles. The lowest BCUT2D eigenvalue weighted by atomic mass is 10.1. The second-order valence-electron chi connectivity index (χ2n) is 6.15. The number of rotatable bonds is 4. The summed E-state index contributed by atoms with van der Waals surface area (Å²) in [5, 5.41) is 11.8. The molecule has 132 valence electrons. The van der Waals surface area contributed by atoms with Gasteiger partial charge in [0, 0.05) is 24.3 Å². The van der Waals surface area contributed by atoms with Crippen LogP contribution in [0.3, 0.4) is 0 Å². The minimum Gasteiger partial charge on any atom is -0.321 e. The summed E-state index contributed by atoms with van der Waals surface area (Å²) < 4.78 is 0. The van der Waals surface area contributed by atoms with Gasteiger partial charge in [0.25, 0.3) is 5.91 Å². The third kappa shape index (κ3) is 3.39. The van der Waals surface area contributed by atoms with Crippen molar-refractivity contribution in [3.63, 3.8) is 0 Å². The third-order valence-corrected chi connectivity index (χ3v) is 5.24. The van der Waals surface area contributed by atoms with Gasteiger partial charge in [-0.1, -0.05) is 12.1 Å². The largest absolute Gasteiger partial charge is 0.321 e. The molecule has 2 aromatic heterocycles. The van der Waals surface area contributed by atoms with E-state index in [1.165, 1.54) is 0 Å². The Morgan fingerprint density at radius 2 is 2.12 bits per heavy atom. The van der Waals surface area contributed by atoms with E-state index in [1.807, 2.05) is 41.8 Å². The summed E-state index contributed by atoms with van der Waals surface area (Å²) in [6, 6.07) is 13.0. The predicted octanol–water partition coefficient (Wildman–Crippen LogP) is 3.91. The molecular formula is C19H18N4O2S. The molecule has 0 aliphatic carbocycles. The Balaban J connectivity index is 1.49. The molecule has 0 spiro atoms. The lowest BCUT2D eigenvalue weighted by Gasteiger charge is -2.27. The lowest BCUT2D eigenvalue weighted by molar-refractivity contribution is -0.119. The Bertz CT molecular complexity index is 933. The lowest BCUT2D eigenvalue weighted by Crippen LogP contribution is -2.35. The average molecular weight is 366 g/mol. The molecule has 4 rings (SSSR count). The molecule has 0 radical (unpaired) electrons. The van der Waals surface area contributed by atoms with E-state index < -0.39 is 0 Å². The normalized spacial score (nSPS) is 14.5. The predicted molar refractivity (Wildman–Crippen MR) is 102 cm³/mol. The van der Waals surface area contributed by atoms with Gasteiger partial charge in [0.1, 0.15) is 0 Å². The summed E-state index contributed by atoms with van der Waals surface area (Å²) in [6.45, 7) is 0.722. The van der Waals surface area contributed by atoms with E-state index in [0.717, 1.165) is 35.6 Å². The molecule has 7 heteroatoms. The average Bonchev–Trinajstić information content (AvgIpc) is 3.34. The van der Waals surface area contributed by atoms with Gasteiger partial charge in [0.2, 0.25) is 5.91 Å². The quantitative estimate of drug-likeness (QED) is 0.735. The van der Waals surface area contributed by atoms with Gasteiger partial charge < -0.3 is 10.2 Å². The SMILES string of the molecule is O=C(Nc1cccc(N2CCCCC2=O)c1)c1cc(-c2cccs2)[nH]n1. The van der Waals surface area contributed by atoms with E-state index in [9.17, 15) is 9.59 Å². The smallest absolute Gasteiger partial charge is 0.276 e. The summed E-state index contributed by atoms with van der Waals surface area (Å²) in [6.07, 6.45) is 2.52. The number of nitrogens with one attached hydrogen (secondary N) is 2. The van der Waals surface area contributed by atoms with Gasteiger partial charge in [0.05, 0.1) is 10.6 Å². The van der Waals surface area contributed by atoms with Crippen molar-refractivity contribution < 1.29 is 9.59 Å². The molecule has 0 unspecified atom stereocenters. The van der Waals surface area contributed by atoms with Crippen LogP contribution in [0.2, 0.25) is 0 Å². The monoisotopic (exact) mass is 366 g/mol. The molecule has 2 N–H and O–H groups in total. The van der Waals surface area contributed by atoms with Crippen molar-refractivity contribution in [3.8, 4) is 10.6 Å². The third-order valence-electron chi connectivity index (χ3n) is 4.34. The number of carbonyl (C=O) groups excluding carboxylic acids is 2. The number of anilines is 2. The number of benzene rings is 1. The van der Waals surface area contributed by atoms with Crippen LogP contribution >= 0.6 is 11.3 Å². The summed E-state index contributed by atoms with van der Waals surface area (Å²) in [5.74, 6) is -0.154. The number of nitrogens with zero attached hydrogens (tertiary/aromatic N) is 2. The summed E-state index contributed by atoms with van der Waals surface area (Å²) in [4.78, 5) is 27.4. The number of carbonyl (C=O) groups is 2. The Morgan fingerprint density at radius 1 is 1.19 bits per heavy atom. The standard InChI is InChI=1S/C19H18N4O2S/c24-18-8-1-2-9-23(18)14-6-3-5-13(11-14)20-19(25)16-12-15(21-22-16)17-7-4-10-26-17/h3-7,10-12H,1-2,8-9H2,(H,20,25)(H,21,22). The van der Waals surface area contributed by atoms with Crippen LogP contribution < -0.4 is 10.2 Å². The topological polar surface area (TPSA) is 78.1 Å². The number of aromatic amines is 1. The van der Waals surface area contributed by atoms with E-state index in [2.05, 4.69) is 15.5 Å². The second-order valence-corrected chi connectivity index (χ2v) is 7.10. The van der Waals surface area contributed by atoms with Gasteiger partial charge in [-0.05, 0) is 48.6 Å². The fraction of sp³-hybridized carbons (Fsp3) is 0.211. The van der Waals surface area contributed by atoms with Crippen LogP contribution in [0.25, 0.3) is 10.6 Å². The number of amides is 2. The molecule has 3 aromatic rings. The molecule has 26 heavy (non-hydrogen) atoms. The Morgan fingerprint density at radius 3 is 2.92 bits per heavy atom. The zero-order valence-corrected chi connectivity index (χ0v) is 14.9. The maximum absolute atomic E-state index is 12.5. The van der Waals surface area contributed by atoms with Crippen molar-refractivity contribution in [1.29, 1.82) is 0 Å². The number of H-pyrrole nitrogens is 1. The van der Waals surface area contributed by atoms with Crippen LogP contribution in [0, 0.1) is 0 Å². The number of hydrogen-bond donors (Lipinski definition) is 2. The van der Waals surface area contributed by atoms with Crippen LogP contribution in [-0.2, 0) is 4.79 Å². The van der Waals surface area contributed by atoms with E-state index in [1.54, 1.807) is 22.3 Å². The van der Waals surface area contributed by atoms with Crippen molar-refractivity contribution in [1.82, 2.24) is 10.2 Å². The molecule has 2 amide bonds. The number of hydrogen-bond acceptors (Lipinski definition) is 4. The minimum atomic E-state index is -0.286. The number of thiophene rings is 1. The zero-order valence-electron chi connectivity index (χ0n) is 14.1. The molecule has 1 fully saturated rings. The maximum Gasteiger partial charge on any atom is 0.276 e. The second kappa shape index (κ2) is 7.13. The van der Waals surface area contributed by atoms with Crippen molar-refractivity contribution in [2.24, 2.45) is 0 Å². The highest BCUT2D eigenvalue weighted by Crippen LogP contribution is 2.25. The van der Waals surface area contributed by atoms with Crippen LogP contribution in [-0.4, -0.2) is 28.6 Å². The first-order chi connectivity index (χ1) is 12.7. The van der Waals surface area contributed by atoms with Crippen LogP contribution in [0.15, 0.2) is 47.8 Å². The molecule has 6 nitrogen and oxygen atoms in total. The van der Waals surface area contributed by atoms with Crippen molar-refractivity contribution in [2.45, 2.75) is 19.3 Å². The van der Waals surface area contributed by atoms with E-state index in [4.69, 9.17) is 0 Å². The van der Waals surface area contributed by atoms with Gasteiger partial charge in [-0.2, -0.15) is 5.10 Å². The first kappa shape index (κ1) is 16.5. The van der Waals surface area contributed by atoms with Crippen LogP contribution in [0.1, 0.15) is 29.8 Å². The molecular weight excluding hydrogens is 348 g/mol. The number of aromatic nitrogens is 2. The highest BCUT2D eigenvalue weighted by Gasteiger charge is 2.20. The molecule has 0 bridgehead atoms. The Labute approximate surface area is 154 Å². The fourth-order valence-corrected chi connectivity index (χ4v) is 3.71. The van der Waals surface area contributed by atoms with Crippen molar-refractivity contribution >= 4 is 34.5 Å². The fourth-order valence-electron chi connectivity index (χ4n) is 3.02. The highest BCUT2D eigenvalue weighted by atomic mass is 32.1. The van der Waals surface area contributed by atoms with E-state index in [0.29, 0.717) is 17.8 Å². The van der Waals surface area contributed by atoms with Gasteiger partial charge in [-0.15, -0.1) is 11.3 Å². The first-order valence-corrected chi connectivity index (χ1v) is 9.40. The molecule has 0 atom stereocenters. The maximum atomic E-state index is 12.5. The van der Waals surface area contributed by atoms with Crippen molar-refractivity contribution in [2.75, 3.05) is 16.8 Å². The van der Waals surface area contributed by atoms with Gasteiger partial charge >= 0.3 is 0 Å². The molecule has 1 aliphatic heterocycles. The Hall–Kier alpha value is -2.93. The van der Waals surface area contributed by atoms with Gasteiger partial charge in [-0.3, -0.25) is 14.7 Å². The Kier molecular flexibility index (Phi) is 4.53. The summed E-state index contributed by atoms with van der Waals surface area (Å²) in [5.41, 5.74) is 2.60. The summed E-state index contributed by atoms with van der Waals surface area (Å²) in [7, 11) is 0. The highest BCUT2D eigenvalue weighted by molar-refractivity contribution is 7.13. The van der Waals surface area contributed by atoms with Crippen molar-refractivity contribution in [3.05, 3.63) is 53.5 Å². The molecule has 1 aliphatic rings. The van der Waals surface area contributed by atoms with Crippen LogP contribution in [0.4, 0.5) is 11.4 Å². The molecule has 0 saturated carbocycles. The summed E-state index contributed by atoms with van der Waals surface area (Å²) >= 11 is 1.58.